The van der Waals surface area contributed by atoms with Gasteiger partial charge in [0, 0.05) is 25.2 Å². The van der Waals surface area contributed by atoms with Crippen molar-refractivity contribution in [3.63, 3.8) is 0 Å². The lowest BCUT2D eigenvalue weighted by molar-refractivity contribution is -0.149. The fourth-order valence-electron chi connectivity index (χ4n) is 3.59. The number of nitrogens with one attached hydrogen (secondary N) is 1. The number of ether oxygens (including phenoxy) is 1. The van der Waals surface area contributed by atoms with Crippen molar-refractivity contribution in [1.29, 1.82) is 0 Å². The number of sulfonamides is 1. The maximum absolute atomic E-state index is 13.0. The van der Waals surface area contributed by atoms with Crippen LogP contribution in [0.2, 0.25) is 0 Å². The van der Waals surface area contributed by atoms with Gasteiger partial charge >= 0.3 is 5.97 Å². The van der Waals surface area contributed by atoms with E-state index in [0.29, 0.717) is 31.6 Å². The topological polar surface area (TPSA) is 92.8 Å². The van der Waals surface area contributed by atoms with Crippen LogP contribution < -0.4 is 5.32 Å². The number of hydrogen-bond acceptors (Lipinski definition) is 6. The van der Waals surface area contributed by atoms with Crippen molar-refractivity contribution in [1.82, 2.24) is 9.62 Å². The molecule has 1 saturated heterocycles. The highest BCUT2D eigenvalue weighted by Crippen LogP contribution is 2.25. The molecule has 0 saturated carbocycles. The van der Waals surface area contributed by atoms with E-state index in [1.165, 1.54) is 16.4 Å². The number of benzene rings is 2. The maximum atomic E-state index is 13.0. The van der Waals surface area contributed by atoms with Crippen molar-refractivity contribution in [2.75, 3.05) is 26.2 Å². The fourth-order valence-corrected chi connectivity index (χ4v) is 5.11. The molecule has 1 aliphatic rings. The molecule has 0 radical (unpaired) electrons. The van der Waals surface area contributed by atoms with Crippen molar-refractivity contribution in [3.8, 4) is 0 Å². The molecule has 0 amide bonds. The largest absolute Gasteiger partial charge is 0.466 e. The van der Waals surface area contributed by atoms with E-state index < -0.39 is 10.0 Å². The summed E-state index contributed by atoms with van der Waals surface area (Å²) in [5.41, 5.74) is 1.42. The van der Waals surface area contributed by atoms with Crippen molar-refractivity contribution in [3.05, 3.63) is 65.7 Å². The van der Waals surface area contributed by atoms with Crippen LogP contribution in [-0.2, 0) is 26.1 Å². The van der Waals surface area contributed by atoms with Gasteiger partial charge in [-0.05, 0) is 37.5 Å². The number of carbonyl (C=O) groups excluding carboxylic acids is 2. The number of ketones is 1. The van der Waals surface area contributed by atoms with Gasteiger partial charge in [0.05, 0.1) is 24.0 Å². The van der Waals surface area contributed by atoms with Gasteiger partial charge in [0.2, 0.25) is 10.0 Å². The molecule has 0 spiro atoms. The first-order valence-electron chi connectivity index (χ1n) is 10.5. The molecule has 0 aliphatic carbocycles. The Bertz CT molecular complexity index is 1000. The molecule has 166 valence electrons. The number of hydrogen-bond donors (Lipinski definition) is 1. The Morgan fingerprint density at radius 3 is 2.45 bits per heavy atom. The van der Waals surface area contributed by atoms with Crippen molar-refractivity contribution >= 4 is 21.8 Å². The quantitative estimate of drug-likeness (QED) is 0.472. The van der Waals surface area contributed by atoms with Crippen LogP contribution in [0.1, 0.15) is 35.7 Å². The molecular weight excluding hydrogens is 416 g/mol. The minimum Gasteiger partial charge on any atom is -0.466 e. The number of rotatable bonds is 9. The van der Waals surface area contributed by atoms with E-state index in [-0.39, 0.29) is 42.2 Å². The van der Waals surface area contributed by atoms with Crippen LogP contribution in [0.3, 0.4) is 0 Å². The summed E-state index contributed by atoms with van der Waals surface area (Å²) in [5.74, 6) is -0.709. The van der Waals surface area contributed by atoms with Gasteiger partial charge in [-0.3, -0.25) is 9.59 Å². The maximum Gasteiger partial charge on any atom is 0.309 e. The summed E-state index contributed by atoms with van der Waals surface area (Å²) in [6.07, 6.45) is 0.861. The summed E-state index contributed by atoms with van der Waals surface area (Å²) >= 11 is 0. The van der Waals surface area contributed by atoms with Crippen LogP contribution in [0.5, 0.6) is 0 Å². The molecule has 3 rings (SSSR count). The van der Waals surface area contributed by atoms with E-state index in [2.05, 4.69) is 5.32 Å². The third-order valence-electron chi connectivity index (χ3n) is 5.33. The Morgan fingerprint density at radius 2 is 1.77 bits per heavy atom. The van der Waals surface area contributed by atoms with Crippen LogP contribution in [0.4, 0.5) is 0 Å². The molecule has 1 N–H and O–H groups in total. The predicted octanol–water partition coefficient (Wildman–Crippen LogP) is 2.62. The molecule has 2 aromatic carbocycles. The van der Waals surface area contributed by atoms with E-state index in [0.717, 1.165) is 5.56 Å². The first-order chi connectivity index (χ1) is 14.9. The second kappa shape index (κ2) is 10.7. The summed E-state index contributed by atoms with van der Waals surface area (Å²) < 4.78 is 32.5. The van der Waals surface area contributed by atoms with E-state index >= 15 is 0 Å². The van der Waals surface area contributed by atoms with E-state index in [4.69, 9.17) is 4.74 Å². The number of piperidine rings is 1. The van der Waals surface area contributed by atoms with Crippen molar-refractivity contribution < 1.29 is 22.7 Å². The zero-order valence-corrected chi connectivity index (χ0v) is 18.4. The Kier molecular flexibility index (Phi) is 7.95. The van der Waals surface area contributed by atoms with Gasteiger partial charge in [0.1, 0.15) is 0 Å². The smallest absolute Gasteiger partial charge is 0.309 e. The lowest BCUT2D eigenvalue weighted by atomic mass is 9.98. The molecule has 0 atom stereocenters. The second-order valence-electron chi connectivity index (χ2n) is 7.47. The molecule has 0 aromatic heterocycles. The Hall–Kier alpha value is -2.55. The standard InChI is InChI=1S/C23H28N2O5S/c1-2-30-23(27)19-11-13-25(14-12-19)31(28,29)21-10-6-9-20(15-21)22(26)17-24-16-18-7-4-3-5-8-18/h3-10,15,19,24H,2,11-14,16-17H2,1H3. The minimum absolute atomic E-state index is 0.0935. The molecule has 2 aromatic rings. The molecule has 0 unspecified atom stereocenters. The number of nitrogens with zero attached hydrogens (tertiary/aromatic N) is 1. The van der Waals surface area contributed by atoms with Gasteiger partial charge in [-0.1, -0.05) is 42.5 Å². The van der Waals surface area contributed by atoms with Crippen LogP contribution in [0.25, 0.3) is 0 Å². The Balaban J connectivity index is 1.60. The van der Waals surface area contributed by atoms with Gasteiger partial charge in [-0.2, -0.15) is 4.31 Å². The summed E-state index contributed by atoms with van der Waals surface area (Å²) in [4.78, 5) is 24.5. The molecule has 1 fully saturated rings. The van der Waals surface area contributed by atoms with Gasteiger partial charge in [-0.25, -0.2) is 8.42 Å². The average Bonchev–Trinajstić information content (AvgIpc) is 2.80. The molecule has 0 bridgehead atoms. The summed E-state index contributed by atoms with van der Waals surface area (Å²) in [6, 6.07) is 15.9. The molecular formula is C23H28N2O5S. The monoisotopic (exact) mass is 444 g/mol. The van der Waals surface area contributed by atoms with E-state index in [1.54, 1.807) is 19.1 Å². The lowest BCUT2D eigenvalue weighted by Crippen LogP contribution is -2.40. The van der Waals surface area contributed by atoms with Crippen LogP contribution >= 0.6 is 0 Å². The highest BCUT2D eigenvalue weighted by molar-refractivity contribution is 7.89. The van der Waals surface area contributed by atoms with Crippen LogP contribution in [0.15, 0.2) is 59.5 Å². The van der Waals surface area contributed by atoms with E-state index in [9.17, 15) is 18.0 Å². The SMILES string of the molecule is CCOC(=O)C1CCN(S(=O)(=O)c2cccc(C(=O)CNCc3ccccc3)c2)CC1. The molecule has 1 aliphatic heterocycles. The summed E-state index contributed by atoms with van der Waals surface area (Å²) in [5, 5.41) is 3.09. The van der Waals surface area contributed by atoms with Crippen molar-refractivity contribution in [2.24, 2.45) is 5.92 Å². The molecule has 7 nitrogen and oxygen atoms in total. The molecule has 1 heterocycles. The van der Waals surface area contributed by atoms with Gasteiger partial charge < -0.3 is 10.1 Å². The fraction of sp³-hybridized carbons (Fsp3) is 0.391. The summed E-state index contributed by atoms with van der Waals surface area (Å²) in [6.45, 7) is 3.25. The number of Topliss-reactive ketones (excluding diaryl/α,β-unsaturated/α-hetero) is 1. The normalized spacial score (nSPS) is 15.5. The second-order valence-corrected chi connectivity index (χ2v) is 9.41. The first kappa shape index (κ1) is 23.1. The Morgan fingerprint density at radius 1 is 1.06 bits per heavy atom. The highest BCUT2D eigenvalue weighted by atomic mass is 32.2. The van der Waals surface area contributed by atoms with Crippen LogP contribution in [-0.4, -0.2) is 50.7 Å². The predicted molar refractivity (Wildman–Crippen MR) is 117 cm³/mol. The highest BCUT2D eigenvalue weighted by Gasteiger charge is 2.32. The van der Waals surface area contributed by atoms with Crippen LogP contribution in [0, 0.1) is 5.92 Å². The zero-order chi connectivity index (χ0) is 22.3. The van der Waals surface area contributed by atoms with E-state index in [1.807, 2.05) is 30.3 Å². The van der Waals surface area contributed by atoms with Gasteiger partial charge in [0.25, 0.3) is 0 Å². The first-order valence-corrected chi connectivity index (χ1v) is 11.9. The molecule has 31 heavy (non-hydrogen) atoms. The average molecular weight is 445 g/mol. The molecule has 8 heteroatoms. The number of carbonyl (C=O) groups is 2. The van der Waals surface area contributed by atoms with Gasteiger partial charge in [0.15, 0.2) is 5.78 Å². The minimum atomic E-state index is -3.73. The third kappa shape index (κ3) is 6.00. The lowest BCUT2D eigenvalue weighted by Gasteiger charge is -2.30. The Labute approximate surface area is 183 Å². The number of esters is 1. The van der Waals surface area contributed by atoms with Gasteiger partial charge in [-0.15, -0.1) is 0 Å². The third-order valence-corrected chi connectivity index (χ3v) is 7.22. The zero-order valence-electron chi connectivity index (χ0n) is 17.6. The van der Waals surface area contributed by atoms with Crippen molar-refractivity contribution in [2.45, 2.75) is 31.2 Å². The summed E-state index contributed by atoms with van der Waals surface area (Å²) in [7, 11) is -3.73.